The van der Waals surface area contributed by atoms with Crippen LogP contribution in [0.15, 0.2) is 18.2 Å². The Morgan fingerprint density at radius 3 is 2.57 bits per heavy atom. The monoisotopic (exact) mass is 430 g/mol. The number of nitrogens with zero attached hydrogens (tertiary/aromatic N) is 3. The van der Waals surface area contributed by atoms with Gasteiger partial charge in [0.25, 0.3) is 0 Å². The molecule has 0 saturated carbocycles. The fourth-order valence-corrected chi connectivity index (χ4v) is 4.70. The van der Waals surface area contributed by atoms with Crippen molar-refractivity contribution in [3.8, 4) is 0 Å². The van der Waals surface area contributed by atoms with Crippen LogP contribution in [0.4, 0.5) is 15.6 Å². The van der Waals surface area contributed by atoms with E-state index in [-0.39, 0.29) is 42.6 Å². The zero-order valence-electron chi connectivity index (χ0n) is 16.6. The first-order valence-electron chi connectivity index (χ1n) is 9.95. The Kier molecular flexibility index (Phi) is 5.67. The van der Waals surface area contributed by atoms with Gasteiger partial charge in [-0.1, -0.05) is 11.3 Å². The third kappa shape index (κ3) is 4.00. The zero-order chi connectivity index (χ0) is 21.3. The van der Waals surface area contributed by atoms with Crippen molar-refractivity contribution in [1.29, 1.82) is 0 Å². The molecule has 1 N–H and O–H groups in total. The van der Waals surface area contributed by atoms with E-state index in [9.17, 15) is 19.2 Å². The predicted molar refractivity (Wildman–Crippen MR) is 111 cm³/mol. The zero-order valence-corrected chi connectivity index (χ0v) is 17.4. The van der Waals surface area contributed by atoms with E-state index in [1.807, 2.05) is 0 Å². The summed E-state index contributed by atoms with van der Waals surface area (Å²) in [6, 6.07) is 5.04. The van der Waals surface area contributed by atoms with Crippen LogP contribution in [0, 0.1) is 5.92 Å². The minimum absolute atomic E-state index is 0.156. The van der Waals surface area contributed by atoms with Crippen molar-refractivity contribution in [3.63, 3.8) is 0 Å². The summed E-state index contributed by atoms with van der Waals surface area (Å²) >= 11 is 1.24. The molecule has 0 spiro atoms. The first-order valence-corrected chi connectivity index (χ1v) is 10.8. The number of ether oxygens (including phenoxy) is 1. The van der Waals surface area contributed by atoms with E-state index < -0.39 is 0 Å². The Hall–Kier alpha value is -3.01. The van der Waals surface area contributed by atoms with Gasteiger partial charge in [-0.15, -0.1) is 0 Å². The fourth-order valence-electron chi connectivity index (χ4n) is 3.66. The van der Waals surface area contributed by atoms with E-state index >= 15 is 0 Å². The number of fused-ring (bicyclic) bond motifs is 1. The molecule has 0 aliphatic carbocycles. The van der Waals surface area contributed by atoms with Gasteiger partial charge < -0.3 is 15.0 Å². The topological polar surface area (TPSA) is 109 Å². The molecule has 0 radical (unpaired) electrons. The van der Waals surface area contributed by atoms with E-state index in [0.29, 0.717) is 48.9 Å². The quantitative estimate of drug-likeness (QED) is 0.590. The summed E-state index contributed by atoms with van der Waals surface area (Å²) in [5.74, 6) is -0.825. The van der Waals surface area contributed by atoms with Gasteiger partial charge in [-0.2, -0.15) is 0 Å². The van der Waals surface area contributed by atoms with Crippen LogP contribution in [0.2, 0.25) is 0 Å². The van der Waals surface area contributed by atoms with E-state index in [4.69, 9.17) is 4.74 Å². The second-order valence-corrected chi connectivity index (χ2v) is 8.25. The second kappa shape index (κ2) is 8.39. The maximum absolute atomic E-state index is 12.6. The molecule has 0 atom stereocenters. The van der Waals surface area contributed by atoms with Crippen LogP contribution < -0.4 is 10.2 Å². The molecule has 4 amide bonds. The van der Waals surface area contributed by atoms with Crippen molar-refractivity contribution >= 4 is 56.2 Å². The van der Waals surface area contributed by atoms with Crippen LogP contribution in [0.25, 0.3) is 10.2 Å². The Balaban J connectivity index is 1.40. The van der Waals surface area contributed by atoms with Crippen LogP contribution in [0.3, 0.4) is 0 Å². The number of anilines is 2. The van der Waals surface area contributed by atoms with E-state index in [0.717, 1.165) is 9.60 Å². The van der Waals surface area contributed by atoms with Gasteiger partial charge in [-0.3, -0.25) is 14.4 Å². The number of likely N-dealkylation sites (tertiary alicyclic amines) is 1. The molecule has 1 aromatic heterocycles. The number of benzene rings is 1. The van der Waals surface area contributed by atoms with Gasteiger partial charge in [0, 0.05) is 31.6 Å². The van der Waals surface area contributed by atoms with Crippen molar-refractivity contribution < 1.29 is 23.9 Å². The number of amides is 4. The smallest absolute Gasteiger partial charge is 0.321 e. The normalized spacial score (nSPS) is 17.6. The molecule has 30 heavy (non-hydrogen) atoms. The summed E-state index contributed by atoms with van der Waals surface area (Å²) < 4.78 is 5.83. The molecule has 2 aliphatic rings. The Labute approximate surface area is 177 Å². The standard InChI is InChI=1S/C20H22N4O5S/c1-2-29-18(27)12-7-9-23(10-8-12)19(28)21-13-3-4-14-15(11-13)30-20(22-14)24-16(25)5-6-17(24)26/h3-4,11-12H,2,5-10H2,1H3,(H,21,28). The number of carbonyl (C=O) groups is 4. The molecular formula is C20H22N4O5S. The van der Waals surface area contributed by atoms with E-state index in [2.05, 4.69) is 10.3 Å². The summed E-state index contributed by atoms with van der Waals surface area (Å²) in [6.07, 6.45) is 1.59. The van der Waals surface area contributed by atoms with Gasteiger partial charge in [0.05, 0.1) is 22.7 Å². The van der Waals surface area contributed by atoms with Crippen molar-refractivity contribution in [1.82, 2.24) is 9.88 Å². The van der Waals surface area contributed by atoms with Gasteiger partial charge >= 0.3 is 12.0 Å². The number of piperidine rings is 1. The molecule has 2 saturated heterocycles. The molecule has 0 bridgehead atoms. The number of carbonyl (C=O) groups excluding carboxylic acids is 4. The first-order chi connectivity index (χ1) is 14.5. The lowest BCUT2D eigenvalue weighted by molar-refractivity contribution is -0.149. The van der Waals surface area contributed by atoms with Crippen molar-refractivity contribution in [2.75, 3.05) is 29.9 Å². The summed E-state index contributed by atoms with van der Waals surface area (Å²) in [7, 11) is 0. The molecule has 2 aromatic rings. The number of esters is 1. The number of hydrogen-bond acceptors (Lipinski definition) is 7. The number of hydrogen-bond donors (Lipinski definition) is 1. The molecule has 2 aliphatic heterocycles. The predicted octanol–water partition coefficient (Wildman–Crippen LogP) is 2.76. The highest BCUT2D eigenvalue weighted by Gasteiger charge is 2.33. The number of nitrogens with one attached hydrogen (secondary N) is 1. The van der Waals surface area contributed by atoms with Gasteiger partial charge in [0.1, 0.15) is 0 Å². The Morgan fingerprint density at radius 2 is 1.90 bits per heavy atom. The number of imide groups is 1. The Bertz CT molecular complexity index is 996. The highest BCUT2D eigenvalue weighted by atomic mass is 32.1. The summed E-state index contributed by atoms with van der Waals surface area (Å²) in [6.45, 7) is 3.12. The maximum atomic E-state index is 12.6. The van der Waals surface area contributed by atoms with Crippen LogP contribution >= 0.6 is 11.3 Å². The van der Waals surface area contributed by atoms with Gasteiger partial charge in [0.15, 0.2) is 5.13 Å². The molecule has 2 fully saturated rings. The number of rotatable bonds is 4. The van der Waals surface area contributed by atoms with E-state index in [1.54, 1.807) is 30.0 Å². The number of urea groups is 1. The fraction of sp³-hybridized carbons (Fsp3) is 0.450. The molecule has 4 rings (SSSR count). The number of thiazole rings is 1. The molecule has 9 nitrogen and oxygen atoms in total. The highest BCUT2D eigenvalue weighted by Crippen LogP contribution is 2.33. The third-order valence-electron chi connectivity index (χ3n) is 5.27. The van der Waals surface area contributed by atoms with Crippen LogP contribution in [0.5, 0.6) is 0 Å². The minimum Gasteiger partial charge on any atom is -0.466 e. The van der Waals surface area contributed by atoms with Crippen molar-refractivity contribution in [2.24, 2.45) is 5.92 Å². The highest BCUT2D eigenvalue weighted by molar-refractivity contribution is 7.22. The van der Waals surface area contributed by atoms with Crippen molar-refractivity contribution in [2.45, 2.75) is 32.6 Å². The molecule has 10 heteroatoms. The van der Waals surface area contributed by atoms with Crippen LogP contribution in [-0.4, -0.2) is 53.4 Å². The lowest BCUT2D eigenvalue weighted by Gasteiger charge is -2.30. The molecule has 3 heterocycles. The van der Waals surface area contributed by atoms with Gasteiger partial charge in [-0.05, 0) is 38.0 Å². The van der Waals surface area contributed by atoms with Gasteiger partial charge in [-0.25, -0.2) is 14.7 Å². The summed E-state index contributed by atoms with van der Waals surface area (Å²) in [5.41, 5.74) is 1.27. The molecule has 1 aromatic carbocycles. The first kappa shape index (κ1) is 20.3. The van der Waals surface area contributed by atoms with Crippen LogP contribution in [0.1, 0.15) is 32.6 Å². The van der Waals surface area contributed by atoms with Crippen LogP contribution in [-0.2, 0) is 19.1 Å². The SMILES string of the molecule is CCOC(=O)C1CCN(C(=O)Nc2ccc3nc(N4C(=O)CCC4=O)sc3c2)CC1. The molecule has 0 unspecified atom stereocenters. The molecular weight excluding hydrogens is 408 g/mol. The van der Waals surface area contributed by atoms with Crippen molar-refractivity contribution in [3.05, 3.63) is 18.2 Å². The largest absolute Gasteiger partial charge is 0.466 e. The van der Waals surface area contributed by atoms with E-state index in [1.165, 1.54) is 11.3 Å². The molecule has 158 valence electrons. The Morgan fingerprint density at radius 1 is 1.20 bits per heavy atom. The maximum Gasteiger partial charge on any atom is 0.321 e. The lowest BCUT2D eigenvalue weighted by Crippen LogP contribution is -2.42. The average Bonchev–Trinajstić information content (AvgIpc) is 3.30. The average molecular weight is 430 g/mol. The summed E-state index contributed by atoms with van der Waals surface area (Å²) in [4.78, 5) is 55.5. The minimum atomic E-state index is -0.237. The van der Waals surface area contributed by atoms with Gasteiger partial charge in [0.2, 0.25) is 11.8 Å². The summed E-state index contributed by atoms with van der Waals surface area (Å²) in [5, 5.41) is 3.23. The number of aromatic nitrogens is 1. The lowest BCUT2D eigenvalue weighted by atomic mass is 9.97. The second-order valence-electron chi connectivity index (χ2n) is 7.25. The third-order valence-corrected chi connectivity index (χ3v) is 6.28.